The third-order valence-corrected chi connectivity index (χ3v) is 3.14. The van der Waals surface area contributed by atoms with Crippen molar-refractivity contribution in [1.29, 1.82) is 0 Å². The number of hydrogen-bond donors (Lipinski definition) is 2. The Morgan fingerprint density at radius 3 is 2.42 bits per heavy atom. The summed E-state index contributed by atoms with van der Waals surface area (Å²) in [6.07, 6.45) is 0.563. The van der Waals surface area contributed by atoms with Gasteiger partial charge in [0.2, 0.25) is 5.91 Å². The van der Waals surface area contributed by atoms with Crippen LogP contribution in [0.2, 0.25) is 0 Å². The Kier molecular flexibility index (Phi) is 5.68. The topological polar surface area (TPSA) is 55.1 Å². The van der Waals surface area contributed by atoms with Crippen LogP contribution in [0.5, 0.6) is 0 Å². The van der Waals surface area contributed by atoms with Crippen LogP contribution in [0.1, 0.15) is 13.3 Å². The summed E-state index contributed by atoms with van der Waals surface area (Å²) in [5.41, 5.74) is 1.52. The van der Waals surface area contributed by atoms with Crippen LogP contribution in [0.25, 0.3) is 0 Å². The SMILES string of the molecule is CC(CCN)C(=O)Nc1ccc(SC(F)(F)F)cc1. The van der Waals surface area contributed by atoms with Crippen molar-refractivity contribution in [2.45, 2.75) is 23.7 Å². The highest BCUT2D eigenvalue weighted by atomic mass is 32.2. The van der Waals surface area contributed by atoms with Gasteiger partial charge < -0.3 is 11.1 Å². The van der Waals surface area contributed by atoms with Gasteiger partial charge in [-0.05, 0) is 49.0 Å². The lowest BCUT2D eigenvalue weighted by Crippen LogP contribution is -2.22. The highest BCUT2D eigenvalue weighted by Gasteiger charge is 2.29. The molecule has 0 aromatic heterocycles. The summed E-state index contributed by atoms with van der Waals surface area (Å²) in [5.74, 6) is -0.420. The number of benzene rings is 1. The summed E-state index contributed by atoms with van der Waals surface area (Å²) < 4.78 is 36.4. The summed E-state index contributed by atoms with van der Waals surface area (Å²) in [6, 6.07) is 5.53. The molecule has 3 N–H and O–H groups in total. The van der Waals surface area contributed by atoms with E-state index in [-0.39, 0.29) is 28.5 Å². The molecule has 1 rings (SSSR count). The van der Waals surface area contributed by atoms with Crippen LogP contribution in [0.3, 0.4) is 0 Å². The molecule has 0 saturated heterocycles. The molecule has 0 radical (unpaired) electrons. The van der Waals surface area contributed by atoms with Gasteiger partial charge in [0.05, 0.1) is 0 Å². The van der Waals surface area contributed by atoms with Crippen molar-refractivity contribution in [2.24, 2.45) is 11.7 Å². The van der Waals surface area contributed by atoms with E-state index in [4.69, 9.17) is 5.73 Å². The molecule has 1 amide bonds. The van der Waals surface area contributed by atoms with Gasteiger partial charge in [0.15, 0.2) is 0 Å². The minimum Gasteiger partial charge on any atom is -0.330 e. The number of carbonyl (C=O) groups excluding carboxylic acids is 1. The Labute approximate surface area is 113 Å². The van der Waals surface area contributed by atoms with E-state index in [2.05, 4.69) is 5.32 Å². The van der Waals surface area contributed by atoms with Crippen molar-refractivity contribution < 1.29 is 18.0 Å². The van der Waals surface area contributed by atoms with Crippen molar-refractivity contribution in [3.05, 3.63) is 24.3 Å². The minimum atomic E-state index is -4.31. The van der Waals surface area contributed by atoms with Gasteiger partial charge in [0.1, 0.15) is 0 Å². The molecule has 0 aliphatic rings. The predicted octanol–water partition coefficient (Wildman–Crippen LogP) is 3.22. The zero-order chi connectivity index (χ0) is 14.5. The van der Waals surface area contributed by atoms with Crippen LogP contribution in [0.15, 0.2) is 29.2 Å². The van der Waals surface area contributed by atoms with Gasteiger partial charge in [-0.1, -0.05) is 6.92 Å². The molecule has 0 fully saturated rings. The van der Waals surface area contributed by atoms with Crippen molar-refractivity contribution in [2.75, 3.05) is 11.9 Å². The zero-order valence-electron chi connectivity index (χ0n) is 10.3. The van der Waals surface area contributed by atoms with Crippen LogP contribution in [-0.2, 0) is 4.79 Å². The number of hydrogen-bond acceptors (Lipinski definition) is 3. The van der Waals surface area contributed by atoms with Crippen LogP contribution in [-0.4, -0.2) is 18.0 Å². The second-order valence-corrected chi connectivity index (χ2v) is 5.18. The summed E-state index contributed by atoms with van der Waals surface area (Å²) in [6.45, 7) is 2.16. The Morgan fingerprint density at radius 2 is 1.95 bits per heavy atom. The lowest BCUT2D eigenvalue weighted by atomic mass is 10.1. The molecule has 0 bridgehead atoms. The fourth-order valence-electron chi connectivity index (χ4n) is 1.39. The van der Waals surface area contributed by atoms with E-state index in [1.165, 1.54) is 24.3 Å². The number of thioether (sulfide) groups is 1. The number of rotatable bonds is 5. The Morgan fingerprint density at radius 1 is 1.37 bits per heavy atom. The monoisotopic (exact) mass is 292 g/mol. The average molecular weight is 292 g/mol. The van der Waals surface area contributed by atoms with Gasteiger partial charge in [-0.2, -0.15) is 13.2 Å². The molecule has 0 spiro atoms. The Bertz CT molecular complexity index is 420. The molecule has 1 aromatic carbocycles. The van der Waals surface area contributed by atoms with Gasteiger partial charge >= 0.3 is 5.51 Å². The minimum absolute atomic E-state index is 0.0838. The highest BCUT2D eigenvalue weighted by Crippen LogP contribution is 2.37. The molecule has 0 aliphatic heterocycles. The van der Waals surface area contributed by atoms with E-state index >= 15 is 0 Å². The summed E-state index contributed by atoms with van der Waals surface area (Å²) in [5, 5.41) is 2.63. The number of nitrogens with two attached hydrogens (primary N) is 1. The van der Waals surface area contributed by atoms with Gasteiger partial charge in [-0.25, -0.2) is 0 Å². The highest BCUT2D eigenvalue weighted by molar-refractivity contribution is 8.00. The maximum Gasteiger partial charge on any atom is 0.446 e. The van der Waals surface area contributed by atoms with Crippen LogP contribution in [0.4, 0.5) is 18.9 Å². The standard InChI is InChI=1S/C12H15F3N2OS/c1-8(6-7-16)11(18)17-9-2-4-10(5-3-9)19-12(13,14)15/h2-5,8H,6-7,16H2,1H3,(H,17,18). The van der Waals surface area contributed by atoms with Crippen molar-refractivity contribution >= 4 is 23.4 Å². The van der Waals surface area contributed by atoms with Gasteiger partial charge in [0.25, 0.3) is 0 Å². The zero-order valence-corrected chi connectivity index (χ0v) is 11.1. The number of nitrogens with one attached hydrogen (secondary N) is 1. The lowest BCUT2D eigenvalue weighted by molar-refractivity contribution is -0.119. The maximum atomic E-state index is 12.1. The lowest BCUT2D eigenvalue weighted by Gasteiger charge is -2.11. The molecular weight excluding hydrogens is 277 g/mol. The van der Waals surface area contributed by atoms with Crippen molar-refractivity contribution in [3.63, 3.8) is 0 Å². The number of halogens is 3. The predicted molar refractivity (Wildman–Crippen MR) is 69.8 cm³/mol. The quantitative estimate of drug-likeness (QED) is 0.819. The summed E-state index contributed by atoms with van der Waals surface area (Å²) in [7, 11) is 0. The van der Waals surface area contributed by atoms with Crippen molar-refractivity contribution in [1.82, 2.24) is 0 Å². The maximum absolute atomic E-state index is 12.1. The molecular formula is C12H15F3N2OS. The normalized spacial score (nSPS) is 13.1. The van der Waals surface area contributed by atoms with E-state index in [0.29, 0.717) is 18.7 Å². The van der Waals surface area contributed by atoms with E-state index in [0.717, 1.165) is 0 Å². The van der Waals surface area contributed by atoms with Crippen LogP contribution in [0, 0.1) is 5.92 Å². The second kappa shape index (κ2) is 6.81. The molecule has 1 aromatic rings. The first-order valence-electron chi connectivity index (χ1n) is 5.68. The fraction of sp³-hybridized carbons (Fsp3) is 0.417. The summed E-state index contributed by atoms with van der Waals surface area (Å²) >= 11 is -0.186. The number of amides is 1. The largest absolute Gasteiger partial charge is 0.446 e. The van der Waals surface area contributed by atoms with Crippen LogP contribution < -0.4 is 11.1 Å². The molecule has 1 atom stereocenters. The van der Waals surface area contributed by atoms with E-state index in [9.17, 15) is 18.0 Å². The first-order chi connectivity index (χ1) is 8.81. The fourth-order valence-corrected chi connectivity index (χ4v) is 1.93. The number of carbonyl (C=O) groups is 1. The smallest absolute Gasteiger partial charge is 0.330 e. The molecule has 3 nitrogen and oxygen atoms in total. The third kappa shape index (κ3) is 5.98. The second-order valence-electron chi connectivity index (χ2n) is 4.04. The number of alkyl halides is 3. The molecule has 1 unspecified atom stereocenters. The van der Waals surface area contributed by atoms with Gasteiger partial charge in [-0.3, -0.25) is 4.79 Å². The first-order valence-corrected chi connectivity index (χ1v) is 6.50. The molecule has 0 saturated carbocycles. The van der Waals surface area contributed by atoms with E-state index < -0.39 is 5.51 Å². The third-order valence-electron chi connectivity index (χ3n) is 2.40. The van der Waals surface area contributed by atoms with Gasteiger partial charge in [-0.15, -0.1) is 0 Å². The molecule has 19 heavy (non-hydrogen) atoms. The Balaban J connectivity index is 2.59. The average Bonchev–Trinajstić information content (AvgIpc) is 2.30. The van der Waals surface area contributed by atoms with E-state index in [1.807, 2.05) is 0 Å². The van der Waals surface area contributed by atoms with E-state index in [1.54, 1.807) is 6.92 Å². The molecule has 106 valence electrons. The van der Waals surface area contributed by atoms with Crippen LogP contribution >= 0.6 is 11.8 Å². The first kappa shape index (κ1) is 15.8. The van der Waals surface area contributed by atoms with Crippen molar-refractivity contribution in [3.8, 4) is 0 Å². The number of anilines is 1. The summed E-state index contributed by atoms with van der Waals surface area (Å²) in [4.78, 5) is 11.7. The molecule has 0 aliphatic carbocycles. The Hall–Kier alpha value is -1.21. The van der Waals surface area contributed by atoms with Gasteiger partial charge in [0, 0.05) is 16.5 Å². The molecule has 0 heterocycles. The molecule has 7 heteroatoms.